The molecule has 6 heteroatoms. The van der Waals surface area contributed by atoms with Gasteiger partial charge in [0.1, 0.15) is 11.5 Å². The van der Waals surface area contributed by atoms with E-state index in [2.05, 4.69) is 20.8 Å². The maximum absolute atomic E-state index is 11.9. The number of nitrogens with zero attached hydrogens (tertiary/aromatic N) is 2. The predicted octanol–water partition coefficient (Wildman–Crippen LogP) is 4.75. The Hall–Kier alpha value is -3.41. The van der Waals surface area contributed by atoms with E-state index < -0.39 is 0 Å². The zero-order valence-electron chi connectivity index (χ0n) is 14.8. The third-order valence-electron chi connectivity index (χ3n) is 4.50. The second kappa shape index (κ2) is 7.86. The Kier molecular flexibility index (Phi) is 4.96. The van der Waals surface area contributed by atoms with Crippen LogP contribution in [0.3, 0.4) is 0 Å². The zero-order valence-corrected chi connectivity index (χ0v) is 14.8. The standard InChI is InChI=1S/C21H20N4O2/c26-21(15-5-4-6-15)23-20-14-13-19(24-25-20)22-16-9-11-18(12-10-16)27-17-7-2-1-3-8-17/h1-3,7-15H,4-6H2,(H,22,24)(H,23,25,26). The van der Waals surface area contributed by atoms with E-state index in [1.54, 1.807) is 12.1 Å². The maximum Gasteiger partial charge on any atom is 0.228 e. The van der Waals surface area contributed by atoms with Crippen molar-refractivity contribution in [1.82, 2.24) is 10.2 Å². The van der Waals surface area contributed by atoms with Crippen LogP contribution >= 0.6 is 0 Å². The van der Waals surface area contributed by atoms with E-state index in [-0.39, 0.29) is 11.8 Å². The number of nitrogens with one attached hydrogen (secondary N) is 2. The number of para-hydroxylation sites is 1. The van der Waals surface area contributed by atoms with Crippen molar-refractivity contribution in [2.75, 3.05) is 10.6 Å². The molecule has 0 atom stereocenters. The second-order valence-electron chi connectivity index (χ2n) is 6.49. The quantitative estimate of drug-likeness (QED) is 0.663. The van der Waals surface area contributed by atoms with Gasteiger partial charge in [-0.15, -0.1) is 10.2 Å². The van der Waals surface area contributed by atoms with Crippen LogP contribution in [0.15, 0.2) is 66.7 Å². The molecule has 0 unspecified atom stereocenters. The Morgan fingerprint density at radius 2 is 1.52 bits per heavy atom. The molecule has 1 heterocycles. The monoisotopic (exact) mass is 360 g/mol. The van der Waals surface area contributed by atoms with E-state index in [0.717, 1.165) is 36.4 Å². The van der Waals surface area contributed by atoms with Gasteiger partial charge in [-0.25, -0.2) is 0 Å². The lowest BCUT2D eigenvalue weighted by Gasteiger charge is -2.23. The summed E-state index contributed by atoms with van der Waals surface area (Å²) in [5.74, 6) is 2.79. The number of carbonyl (C=O) groups is 1. The number of carbonyl (C=O) groups excluding carboxylic acids is 1. The first kappa shape index (κ1) is 17.0. The highest BCUT2D eigenvalue weighted by molar-refractivity contribution is 5.92. The van der Waals surface area contributed by atoms with E-state index >= 15 is 0 Å². The number of ether oxygens (including phenoxy) is 1. The van der Waals surface area contributed by atoms with Gasteiger partial charge in [-0.1, -0.05) is 24.6 Å². The third kappa shape index (κ3) is 4.41. The smallest absolute Gasteiger partial charge is 0.228 e. The fourth-order valence-corrected chi connectivity index (χ4v) is 2.74. The van der Waals surface area contributed by atoms with Crippen LogP contribution in [-0.2, 0) is 4.79 Å². The van der Waals surface area contributed by atoms with Crippen LogP contribution in [0.2, 0.25) is 0 Å². The van der Waals surface area contributed by atoms with Crippen molar-refractivity contribution >= 4 is 23.2 Å². The molecule has 2 N–H and O–H groups in total. The molecule has 1 amide bonds. The van der Waals surface area contributed by atoms with Gasteiger partial charge >= 0.3 is 0 Å². The fraction of sp³-hybridized carbons (Fsp3) is 0.190. The number of hydrogen-bond acceptors (Lipinski definition) is 5. The molecule has 1 saturated carbocycles. The Balaban J connectivity index is 1.33. The highest BCUT2D eigenvalue weighted by atomic mass is 16.5. The highest BCUT2D eigenvalue weighted by Crippen LogP contribution is 2.27. The third-order valence-corrected chi connectivity index (χ3v) is 4.50. The molecular formula is C21H20N4O2. The van der Waals surface area contributed by atoms with Crippen LogP contribution in [0, 0.1) is 5.92 Å². The molecule has 1 aliphatic rings. The highest BCUT2D eigenvalue weighted by Gasteiger charge is 2.25. The van der Waals surface area contributed by atoms with Crippen LogP contribution in [-0.4, -0.2) is 16.1 Å². The summed E-state index contributed by atoms with van der Waals surface area (Å²) in [6.07, 6.45) is 3.05. The summed E-state index contributed by atoms with van der Waals surface area (Å²) in [5, 5.41) is 14.2. The van der Waals surface area contributed by atoms with Crippen LogP contribution in [0.25, 0.3) is 0 Å². The number of anilines is 3. The van der Waals surface area contributed by atoms with E-state index in [1.165, 1.54) is 0 Å². The topological polar surface area (TPSA) is 76.1 Å². The molecule has 0 saturated heterocycles. The number of rotatable bonds is 6. The lowest BCUT2D eigenvalue weighted by Crippen LogP contribution is -2.28. The Morgan fingerprint density at radius 1 is 0.852 bits per heavy atom. The summed E-state index contributed by atoms with van der Waals surface area (Å²) in [7, 11) is 0. The Labute approximate surface area is 157 Å². The van der Waals surface area contributed by atoms with Gasteiger partial charge in [0.15, 0.2) is 11.6 Å². The molecule has 0 bridgehead atoms. The minimum Gasteiger partial charge on any atom is -0.457 e. The summed E-state index contributed by atoms with van der Waals surface area (Å²) in [4.78, 5) is 11.9. The number of amides is 1. The van der Waals surface area contributed by atoms with Crippen LogP contribution < -0.4 is 15.4 Å². The maximum atomic E-state index is 11.9. The minimum atomic E-state index is 0.0327. The SMILES string of the molecule is O=C(Nc1ccc(Nc2ccc(Oc3ccccc3)cc2)nn1)C1CCC1. The van der Waals surface area contributed by atoms with Gasteiger partial charge in [0.2, 0.25) is 5.91 Å². The molecule has 0 spiro atoms. The molecule has 2 aromatic carbocycles. The van der Waals surface area contributed by atoms with Gasteiger partial charge < -0.3 is 15.4 Å². The molecule has 136 valence electrons. The number of aromatic nitrogens is 2. The van der Waals surface area contributed by atoms with Crippen LogP contribution in [0.5, 0.6) is 11.5 Å². The molecule has 3 aromatic rings. The lowest BCUT2D eigenvalue weighted by atomic mass is 9.85. The molecule has 27 heavy (non-hydrogen) atoms. The fourth-order valence-electron chi connectivity index (χ4n) is 2.74. The van der Waals surface area contributed by atoms with Gasteiger partial charge in [-0.2, -0.15) is 0 Å². The van der Waals surface area contributed by atoms with Crippen LogP contribution in [0.1, 0.15) is 19.3 Å². The van der Waals surface area contributed by atoms with Crippen molar-refractivity contribution in [3.63, 3.8) is 0 Å². The van der Waals surface area contributed by atoms with Crippen molar-refractivity contribution in [2.24, 2.45) is 5.92 Å². The molecule has 1 aromatic heterocycles. The van der Waals surface area contributed by atoms with Crippen LogP contribution in [0.4, 0.5) is 17.3 Å². The molecule has 0 aliphatic heterocycles. The molecule has 1 aliphatic carbocycles. The molecular weight excluding hydrogens is 340 g/mol. The van der Waals surface area contributed by atoms with Gasteiger partial charge in [0.25, 0.3) is 0 Å². The minimum absolute atomic E-state index is 0.0327. The number of hydrogen-bond donors (Lipinski definition) is 2. The van der Waals surface area contributed by atoms with Gasteiger partial charge in [0, 0.05) is 11.6 Å². The lowest BCUT2D eigenvalue weighted by molar-refractivity contribution is -0.122. The van der Waals surface area contributed by atoms with E-state index in [4.69, 9.17) is 4.74 Å². The summed E-state index contributed by atoms with van der Waals surface area (Å²) >= 11 is 0. The average Bonchev–Trinajstić information content (AvgIpc) is 2.64. The largest absolute Gasteiger partial charge is 0.457 e. The van der Waals surface area contributed by atoms with Crippen molar-refractivity contribution in [3.05, 3.63) is 66.7 Å². The molecule has 6 nitrogen and oxygen atoms in total. The predicted molar refractivity (Wildman–Crippen MR) is 104 cm³/mol. The van der Waals surface area contributed by atoms with Crippen molar-refractivity contribution in [2.45, 2.75) is 19.3 Å². The second-order valence-corrected chi connectivity index (χ2v) is 6.49. The first-order valence-corrected chi connectivity index (χ1v) is 9.01. The molecule has 0 radical (unpaired) electrons. The summed E-state index contributed by atoms with van der Waals surface area (Å²) in [6, 6.07) is 20.8. The van der Waals surface area contributed by atoms with Crippen molar-refractivity contribution < 1.29 is 9.53 Å². The normalized spacial score (nSPS) is 13.5. The summed E-state index contributed by atoms with van der Waals surface area (Å²) < 4.78 is 5.77. The summed E-state index contributed by atoms with van der Waals surface area (Å²) in [6.45, 7) is 0. The first-order valence-electron chi connectivity index (χ1n) is 9.01. The molecule has 4 rings (SSSR count). The Morgan fingerprint density at radius 3 is 2.15 bits per heavy atom. The number of benzene rings is 2. The van der Waals surface area contributed by atoms with E-state index in [9.17, 15) is 4.79 Å². The first-order chi connectivity index (χ1) is 13.3. The van der Waals surface area contributed by atoms with Gasteiger partial charge in [-0.05, 0) is 61.4 Å². The van der Waals surface area contributed by atoms with Gasteiger partial charge in [0.05, 0.1) is 0 Å². The molecule has 1 fully saturated rings. The summed E-state index contributed by atoms with van der Waals surface area (Å²) in [5.41, 5.74) is 0.871. The Bertz CT molecular complexity index is 892. The van der Waals surface area contributed by atoms with Crippen molar-refractivity contribution in [1.29, 1.82) is 0 Å². The zero-order chi connectivity index (χ0) is 18.5. The van der Waals surface area contributed by atoms with Gasteiger partial charge in [-0.3, -0.25) is 4.79 Å². The average molecular weight is 360 g/mol. The van der Waals surface area contributed by atoms with Crippen molar-refractivity contribution in [3.8, 4) is 11.5 Å². The van der Waals surface area contributed by atoms with E-state index in [0.29, 0.717) is 11.6 Å². The van der Waals surface area contributed by atoms with E-state index in [1.807, 2.05) is 54.6 Å².